The van der Waals surface area contributed by atoms with E-state index in [9.17, 15) is 14.4 Å². The van der Waals surface area contributed by atoms with Gasteiger partial charge < -0.3 is 14.5 Å². The number of hydrogen-bond donors (Lipinski definition) is 1. The van der Waals surface area contributed by atoms with Crippen molar-refractivity contribution in [1.29, 1.82) is 0 Å². The number of fused-ring (bicyclic) bond motifs is 1. The summed E-state index contributed by atoms with van der Waals surface area (Å²) in [6, 6.07) is 14.0. The highest BCUT2D eigenvalue weighted by atomic mass is 35.5. The molecular formula is C19H17ClN2O5. The molecule has 0 unspecified atom stereocenters. The first-order valence-electron chi connectivity index (χ1n) is 8.28. The number of carbonyl (C=O) groups is 2. The minimum atomic E-state index is -0.579. The van der Waals surface area contributed by atoms with E-state index in [-0.39, 0.29) is 26.1 Å². The Kier molecular flexibility index (Phi) is 5.93. The van der Waals surface area contributed by atoms with E-state index in [1.54, 1.807) is 42.5 Å². The number of benzene rings is 2. The molecule has 0 fully saturated rings. The second kappa shape index (κ2) is 8.55. The van der Waals surface area contributed by atoms with Gasteiger partial charge in [0.1, 0.15) is 0 Å². The van der Waals surface area contributed by atoms with Gasteiger partial charge in [-0.15, -0.1) is 0 Å². The molecule has 8 heteroatoms. The molecule has 1 aromatic heterocycles. The Hall–Kier alpha value is -3.06. The van der Waals surface area contributed by atoms with Gasteiger partial charge in [0.05, 0.1) is 11.9 Å². The van der Waals surface area contributed by atoms with Crippen molar-refractivity contribution in [3.05, 3.63) is 69.7 Å². The maximum atomic E-state index is 11.8. The van der Waals surface area contributed by atoms with Crippen LogP contribution in [0.3, 0.4) is 0 Å². The smallest absolute Gasteiger partial charge is 0.419 e. The largest absolute Gasteiger partial charge is 0.456 e. The first-order valence-corrected chi connectivity index (χ1v) is 8.66. The topological polar surface area (TPSA) is 90.5 Å². The summed E-state index contributed by atoms with van der Waals surface area (Å²) < 4.78 is 11.4. The number of esters is 1. The molecule has 0 aliphatic carbocycles. The Balaban J connectivity index is 1.44. The van der Waals surface area contributed by atoms with Crippen molar-refractivity contribution in [2.24, 2.45) is 0 Å². The molecule has 0 aliphatic heterocycles. The molecule has 0 radical (unpaired) electrons. The molecule has 0 saturated heterocycles. The molecule has 0 spiro atoms. The summed E-state index contributed by atoms with van der Waals surface area (Å²) in [4.78, 5) is 35.5. The number of halogens is 1. The first kappa shape index (κ1) is 18.7. The number of oxazole rings is 1. The summed E-state index contributed by atoms with van der Waals surface area (Å²) in [5.41, 5.74) is 1.90. The fourth-order valence-electron chi connectivity index (χ4n) is 2.55. The molecule has 0 atom stereocenters. The third-order valence-electron chi connectivity index (χ3n) is 3.86. The molecule has 3 rings (SSSR count). The van der Waals surface area contributed by atoms with E-state index in [4.69, 9.17) is 20.8 Å². The van der Waals surface area contributed by atoms with Crippen molar-refractivity contribution in [2.45, 2.75) is 19.5 Å². The molecule has 3 aromatic rings. The molecular weight excluding hydrogens is 372 g/mol. The lowest BCUT2D eigenvalue weighted by Crippen LogP contribution is -2.28. The normalized spacial score (nSPS) is 10.7. The molecule has 7 nitrogen and oxygen atoms in total. The lowest BCUT2D eigenvalue weighted by Gasteiger charge is -2.07. The van der Waals surface area contributed by atoms with Crippen molar-refractivity contribution >= 4 is 34.6 Å². The van der Waals surface area contributed by atoms with Gasteiger partial charge in [-0.25, -0.2) is 4.79 Å². The van der Waals surface area contributed by atoms with Gasteiger partial charge in [0, 0.05) is 18.1 Å². The number of rotatable bonds is 7. The summed E-state index contributed by atoms with van der Waals surface area (Å²) >= 11 is 5.87. The minimum Gasteiger partial charge on any atom is -0.456 e. The van der Waals surface area contributed by atoms with Crippen LogP contribution in [0.5, 0.6) is 0 Å². The van der Waals surface area contributed by atoms with E-state index < -0.39 is 17.6 Å². The zero-order chi connectivity index (χ0) is 19.2. The van der Waals surface area contributed by atoms with Gasteiger partial charge in [-0.2, -0.15) is 0 Å². The van der Waals surface area contributed by atoms with E-state index in [0.29, 0.717) is 16.1 Å². The summed E-state index contributed by atoms with van der Waals surface area (Å²) in [6.07, 6.45) is -0.0506. The van der Waals surface area contributed by atoms with Gasteiger partial charge in [0.15, 0.2) is 12.2 Å². The Morgan fingerprint density at radius 1 is 1.15 bits per heavy atom. The molecule has 0 aliphatic rings. The van der Waals surface area contributed by atoms with Crippen LogP contribution in [0, 0.1) is 0 Å². The number of carbonyl (C=O) groups excluding carboxylic acids is 2. The van der Waals surface area contributed by atoms with Crippen LogP contribution in [-0.2, 0) is 27.4 Å². The fourth-order valence-corrected chi connectivity index (χ4v) is 2.76. The van der Waals surface area contributed by atoms with E-state index in [1.165, 1.54) is 4.57 Å². The first-order chi connectivity index (χ1) is 13.0. The van der Waals surface area contributed by atoms with Gasteiger partial charge in [0.2, 0.25) is 0 Å². The highest BCUT2D eigenvalue weighted by molar-refractivity contribution is 6.30. The number of nitrogens with one attached hydrogen (secondary N) is 1. The molecule has 2 aromatic carbocycles. The Bertz CT molecular complexity index is 1020. The third-order valence-corrected chi connectivity index (χ3v) is 4.09. The van der Waals surface area contributed by atoms with Crippen LogP contribution >= 0.6 is 11.6 Å². The quantitative estimate of drug-likeness (QED) is 0.628. The van der Waals surface area contributed by atoms with E-state index >= 15 is 0 Å². The molecule has 27 heavy (non-hydrogen) atoms. The van der Waals surface area contributed by atoms with Gasteiger partial charge in [-0.1, -0.05) is 35.9 Å². The van der Waals surface area contributed by atoms with Gasteiger partial charge >= 0.3 is 11.7 Å². The summed E-state index contributed by atoms with van der Waals surface area (Å²) in [5, 5.41) is 3.22. The monoisotopic (exact) mass is 388 g/mol. The van der Waals surface area contributed by atoms with Gasteiger partial charge in [-0.05, 0) is 29.8 Å². The summed E-state index contributed by atoms with van der Waals surface area (Å²) in [6.45, 7) is 0.00654. The van der Waals surface area contributed by atoms with Crippen molar-refractivity contribution < 1.29 is 18.7 Å². The van der Waals surface area contributed by atoms with E-state index in [1.807, 2.05) is 6.07 Å². The number of amides is 1. The van der Waals surface area contributed by atoms with Crippen LogP contribution in [-0.4, -0.2) is 23.1 Å². The zero-order valence-electron chi connectivity index (χ0n) is 14.3. The van der Waals surface area contributed by atoms with E-state index in [2.05, 4.69) is 5.32 Å². The second-order valence-electron chi connectivity index (χ2n) is 5.80. The lowest BCUT2D eigenvalue weighted by molar-refractivity contribution is -0.148. The fraction of sp³-hybridized carbons (Fsp3) is 0.211. The molecule has 1 N–H and O–H groups in total. The average Bonchev–Trinajstić information content (AvgIpc) is 2.98. The van der Waals surface area contributed by atoms with Crippen molar-refractivity contribution in [2.75, 3.05) is 6.61 Å². The number of hydrogen-bond acceptors (Lipinski definition) is 5. The predicted octanol–water partition coefficient (Wildman–Crippen LogP) is 2.50. The Morgan fingerprint density at radius 3 is 2.78 bits per heavy atom. The SMILES string of the molecule is O=C(COC(=O)CCn1c(=O)oc2ccccc21)NCc1cccc(Cl)c1. The average molecular weight is 389 g/mol. The second-order valence-corrected chi connectivity index (χ2v) is 6.24. The van der Waals surface area contributed by atoms with Crippen LogP contribution in [0.4, 0.5) is 0 Å². The van der Waals surface area contributed by atoms with Crippen molar-refractivity contribution in [1.82, 2.24) is 9.88 Å². The van der Waals surface area contributed by atoms with Crippen molar-refractivity contribution in [3.8, 4) is 0 Å². The van der Waals surface area contributed by atoms with Crippen molar-refractivity contribution in [3.63, 3.8) is 0 Å². The molecule has 1 amide bonds. The number of para-hydroxylation sites is 2. The number of aromatic nitrogens is 1. The number of aryl methyl sites for hydroxylation is 1. The number of ether oxygens (including phenoxy) is 1. The maximum absolute atomic E-state index is 11.8. The highest BCUT2D eigenvalue weighted by Gasteiger charge is 2.12. The number of nitrogens with zero attached hydrogens (tertiary/aromatic N) is 1. The van der Waals surface area contributed by atoms with Gasteiger partial charge in [-0.3, -0.25) is 14.2 Å². The third kappa shape index (κ3) is 4.98. The molecule has 1 heterocycles. The van der Waals surface area contributed by atoms with Crippen LogP contribution in [0.1, 0.15) is 12.0 Å². The zero-order valence-corrected chi connectivity index (χ0v) is 15.1. The van der Waals surface area contributed by atoms with Crippen LogP contribution in [0.2, 0.25) is 5.02 Å². The lowest BCUT2D eigenvalue weighted by atomic mass is 10.2. The highest BCUT2D eigenvalue weighted by Crippen LogP contribution is 2.12. The molecule has 0 bridgehead atoms. The van der Waals surface area contributed by atoms with Crippen LogP contribution in [0.25, 0.3) is 11.1 Å². The Morgan fingerprint density at radius 2 is 1.96 bits per heavy atom. The summed E-state index contributed by atoms with van der Waals surface area (Å²) in [7, 11) is 0. The Labute approximate surface area is 159 Å². The van der Waals surface area contributed by atoms with Crippen LogP contribution < -0.4 is 11.1 Å². The molecule has 140 valence electrons. The summed E-state index contributed by atoms with van der Waals surface area (Å²) in [5.74, 6) is -1.54. The standard InChI is InChI=1S/C19H17ClN2O5/c20-14-5-3-4-13(10-14)11-21-17(23)12-26-18(24)8-9-22-15-6-1-2-7-16(15)27-19(22)25/h1-7,10H,8-9,11-12H2,(H,21,23). The van der Waals surface area contributed by atoms with Crippen LogP contribution in [0.15, 0.2) is 57.7 Å². The minimum absolute atomic E-state index is 0.0506. The predicted molar refractivity (Wildman–Crippen MR) is 99.3 cm³/mol. The van der Waals surface area contributed by atoms with E-state index in [0.717, 1.165) is 5.56 Å². The van der Waals surface area contributed by atoms with Gasteiger partial charge in [0.25, 0.3) is 5.91 Å². The molecule has 0 saturated carbocycles. The maximum Gasteiger partial charge on any atom is 0.419 e.